The lowest BCUT2D eigenvalue weighted by Gasteiger charge is -2.35. The molecule has 0 spiro atoms. The van der Waals surface area contributed by atoms with E-state index in [0.717, 1.165) is 29.6 Å². The summed E-state index contributed by atoms with van der Waals surface area (Å²) in [5.41, 5.74) is 2.67. The largest absolute Gasteiger partial charge is 0.463 e. The number of halogens is 2. The van der Waals surface area contributed by atoms with E-state index in [1.165, 1.54) is 0 Å². The van der Waals surface area contributed by atoms with Crippen LogP contribution in [0.3, 0.4) is 0 Å². The Hall–Kier alpha value is -3.89. The SMILES string of the molecule is Cc1ccc2cn[nH]c2c1-c1c(Cl)cc2c(N3CCNC[C@@H]3C)nc(OCCc3ncccn3)nc2c1F. The number of benzene rings is 2. The summed E-state index contributed by atoms with van der Waals surface area (Å²) >= 11 is 6.82. The molecule has 9 nitrogen and oxygen atoms in total. The number of nitrogens with zero attached hydrogens (tertiary/aromatic N) is 6. The van der Waals surface area contributed by atoms with E-state index in [9.17, 15) is 0 Å². The van der Waals surface area contributed by atoms with Crippen molar-refractivity contribution in [2.45, 2.75) is 26.3 Å². The van der Waals surface area contributed by atoms with Crippen LogP contribution in [0.5, 0.6) is 6.01 Å². The van der Waals surface area contributed by atoms with Crippen molar-refractivity contribution < 1.29 is 9.13 Å². The van der Waals surface area contributed by atoms with E-state index >= 15 is 4.39 Å². The number of H-pyrrole nitrogens is 1. The van der Waals surface area contributed by atoms with E-state index < -0.39 is 5.82 Å². The number of piperazine rings is 1. The van der Waals surface area contributed by atoms with E-state index in [4.69, 9.17) is 21.3 Å². The van der Waals surface area contributed by atoms with Crippen LogP contribution < -0.4 is 15.0 Å². The molecular weight excluding hydrogens is 507 g/mol. The lowest BCUT2D eigenvalue weighted by atomic mass is 9.96. The number of aryl methyl sites for hydroxylation is 1. The molecule has 1 fully saturated rings. The van der Waals surface area contributed by atoms with E-state index in [-0.39, 0.29) is 34.8 Å². The Labute approximate surface area is 223 Å². The summed E-state index contributed by atoms with van der Waals surface area (Å²) in [6.07, 6.45) is 5.54. The number of aromatic nitrogens is 6. The lowest BCUT2D eigenvalue weighted by molar-refractivity contribution is 0.294. The van der Waals surface area contributed by atoms with Gasteiger partial charge < -0.3 is 15.0 Å². The Kier molecular flexibility index (Phi) is 6.50. The quantitative estimate of drug-likeness (QED) is 0.330. The fourth-order valence-corrected chi connectivity index (χ4v) is 5.25. The fraction of sp³-hybridized carbons (Fsp3) is 0.296. The van der Waals surface area contributed by atoms with E-state index in [1.807, 2.05) is 19.1 Å². The van der Waals surface area contributed by atoms with Gasteiger partial charge in [0.25, 0.3) is 0 Å². The molecule has 6 rings (SSSR count). The summed E-state index contributed by atoms with van der Waals surface area (Å²) in [6, 6.07) is 7.62. The third kappa shape index (κ3) is 4.39. The van der Waals surface area contributed by atoms with Gasteiger partial charge in [-0.05, 0) is 31.5 Å². The minimum Gasteiger partial charge on any atom is -0.463 e. The number of ether oxygens (including phenoxy) is 1. The van der Waals surface area contributed by atoms with Crippen molar-refractivity contribution in [1.82, 2.24) is 35.5 Å². The highest BCUT2D eigenvalue weighted by Gasteiger charge is 2.27. The van der Waals surface area contributed by atoms with Crippen molar-refractivity contribution in [2.24, 2.45) is 0 Å². The van der Waals surface area contributed by atoms with Gasteiger partial charge in [-0.2, -0.15) is 15.1 Å². The van der Waals surface area contributed by atoms with Gasteiger partial charge in [0.05, 0.1) is 23.3 Å². The van der Waals surface area contributed by atoms with Crippen molar-refractivity contribution in [3.05, 3.63) is 65.1 Å². The fourth-order valence-electron chi connectivity index (χ4n) is 4.96. The number of rotatable bonds is 6. The van der Waals surface area contributed by atoms with E-state index in [1.54, 1.807) is 30.7 Å². The zero-order valence-electron chi connectivity index (χ0n) is 21.0. The molecule has 0 saturated carbocycles. The summed E-state index contributed by atoms with van der Waals surface area (Å²) in [6.45, 7) is 6.54. The third-order valence-corrected chi connectivity index (χ3v) is 7.17. The first-order valence-corrected chi connectivity index (χ1v) is 12.9. The van der Waals surface area contributed by atoms with Gasteiger partial charge in [-0.3, -0.25) is 5.10 Å². The van der Waals surface area contributed by atoms with E-state index in [2.05, 4.69) is 42.3 Å². The molecule has 1 atom stereocenters. The summed E-state index contributed by atoms with van der Waals surface area (Å²) < 4.78 is 22.5. The molecule has 4 heterocycles. The van der Waals surface area contributed by atoms with Crippen LogP contribution in [0.4, 0.5) is 10.2 Å². The maximum absolute atomic E-state index is 16.5. The van der Waals surface area contributed by atoms with Gasteiger partial charge in [0.1, 0.15) is 17.2 Å². The van der Waals surface area contributed by atoms with Gasteiger partial charge in [0, 0.05) is 66.4 Å². The third-order valence-electron chi connectivity index (χ3n) is 6.87. The molecule has 194 valence electrons. The first kappa shape index (κ1) is 24.4. The molecule has 2 aromatic carbocycles. The smallest absolute Gasteiger partial charge is 0.319 e. The molecule has 1 aliphatic heterocycles. The number of nitrogens with one attached hydrogen (secondary N) is 2. The first-order valence-electron chi connectivity index (χ1n) is 12.5. The molecule has 0 amide bonds. The molecule has 0 unspecified atom stereocenters. The van der Waals surface area contributed by atoms with Gasteiger partial charge >= 0.3 is 6.01 Å². The second-order valence-corrected chi connectivity index (χ2v) is 9.78. The zero-order chi connectivity index (χ0) is 26.2. The highest BCUT2D eigenvalue weighted by atomic mass is 35.5. The maximum Gasteiger partial charge on any atom is 0.319 e. The monoisotopic (exact) mass is 532 g/mol. The Bertz CT molecular complexity index is 1630. The van der Waals surface area contributed by atoms with Crippen LogP contribution in [0.1, 0.15) is 18.3 Å². The van der Waals surface area contributed by atoms with Gasteiger partial charge in [0.15, 0.2) is 5.82 Å². The first-order chi connectivity index (χ1) is 18.5. The Balaban J connectivity index is 1.50. The van der Waals surface area contributed by atoms with Crippen LogP contribution >= 0.6 is 11.6 Å². The second-order valence-electron chi connectivity index (χ2n) is 9.38. The summed E-state index contributed by atoms with van der Waals surface area (Å²) in [5, 5.41) is 12.2. The average Bonchev–Trinajstić information content (AvgIpc) is 3.40. The molecule has 3 aromatic heterocycles. The Morgan fingerprint density at radius 2 is 2.03 bits per heavy atom. The Morgan fingerprint density at radius 1 is 1.18 bits per heavy atom. The Morgan fingerprint density at radius 3 is 2.84 bits per heavy atom. The summed E-state index contributed by atoms with van der Waals surface area (Å²) in [5.74, 6) is 0.715. The van der Waals surface area contributed by atoms with Crippen LogP contribution in [-0.4, -0.2) is 62.4 Å². The average molecular weight is 533 g/mol. The molecule has 2 N–H and O–H groups in total. The maximum atomic E-state index is 16.5. The minimum atomic E-state index is -0.527. The highest BCUT2D eigenvalue weighted by Crippen LogP contribution is 2.42. The molecule has 1 saturated heterocycles. The van der Waals surface area contributed by atoms with Crippen molar-refractivity contribution in [3.8, 4) is 17.1 Å². The number of anilines is 1. The van der Waals surface area contributed by atoms with Crippen LogP contribution in [0, 0.1) is 12.7 Å². The molecule has 11 heteroatoms. The van der Waals surface area contributed by atoms with Crippen molar-refractivity contribution in [3.63, 3.8) is 0 Å². The normalized spacial score (nSPS) is 15.9. The van der Waals surface area contributed by atoms with Gasteiger partial charge in [-0.1, -0.05) is 23.7 Å². The predicted molar refractivity (Wildman–Crippen MR) is 145 cm³/mol. The van der Waals surface area contributed by atoms with Crippen molar-refractivity contribution in [1.29, 1.82) is 0 Å². The number of hydrogen-bond donors (Lipinski definition) is 2. The number of fused-ring (bicyclic) bond motifs is 2. The molecule has 0 aliphatic carbocycles. The zero-order valence-corrected chi connectivity index (χ0v) is 21.8. The standard InChI is InChI=1S/C27H26ClFN8O/c1-15-4-5-17-14-33-36-24(17)21(15)22-19(28)12-18-25(23(22)29)34-27(38-11-6-20-31-7-3-8-32-20)35-26(18)37-10-9-30-13-16(37)2/h3-5,7-8,12,14,16,30H,6,9-11,13H2,1-2H3,(H,33,36)/t16-/m0/s1. The number of hydrogen-bond acceptors (Lipinski definition) is 8. The molecular formula is C27H26ClFN8O. The molecule has 5 aromatic rings. The van der Waals surface area contributed by atoms with Gasteiger partial charge in [-0.25, -0.2) is 14.4 Å². The van der Waals surface area contributed by atoms with Crippen molar-refractivity contribution >= 4 is 39.2 Å². The molecule has 38 heavy (non-hydrogen) atoms. The molecule has 1 aliphatic rings. The van der Waals surface area contributed by atoms with E-state index in [0.29, 0.717) is 35.6 Å². The van der Waals surface area contributed by atoms with Crippen LogP contribution in [-0.2, 0) is 6.42 Å². The van der Waals surface area contributed by atoms with Crippen LogP contribution in [0.25, 0.3) is 32.9 Å². The van der Waals surface area contributed by atoms with Crippen LogP contribution in [0.2, 0.25) is 5.02 Å². The van der Waals surface area contributed by atoms with Gasteiger partial charge in [-0.15, -0.1) is 0 Å². The minimum absolute atomic E-state index is 0.0952. The summed E-state index contributed by atoms with van der Waals surface area (Å²) in [4.78, 5) is 19.9. The second kappa shape index (κ2) is 10.1. The highest BCUT2D eigenvalue weighted by molar-refractivity contribution is 6.35. The lowest BCUT2D eigenvalue weighted by Crippen LogP contribution is -2.50. The topological polar surface area (TPSA) is 105 Å². The van der Waals surface area contributed by atoms with Crippen LogP contribution in [0.15, 0.2) is 42.9 Å². The molecule has 0 bridgehead atoms. The predicted octanol–water partition coefficient (Wildman–Crippen LogP) is 4.48. The van der Waals surface area contributed by atoms with Gasteiger partial charge in [0.2, 0.25) is 0 Å². The number of aromatic amines is 1. The van der Waals surface area contributed by atoms with Crippen molar-refractivity contribution in [2.75, 3.05) is 31.1 Å². The summed E-state index contributed by atoms with van der Waals surface area (Å²) in [7, 11) is 0. The molecule has 0 radical (unpaired) electrons.